The van der Waals surface area contributed by atoms with Gasteiger partial charge in [0, 0.05) is 26.1 Å². The molecule has 0 bridgehead atoms. The standard InChI is InChI=1S/C12H11ClNO3PS/c1-2-17-18(16)11(12(14)15)9-6-19-10-4-3-7(13)5-8(9)10/h3-6,11H,2H2,1H3,(H-,14,15)/p+1/t11-/m0/s1. The normalized spacial score (nSPS) is 13.5. The largest absolute Gasteiger partial charge is 0.526 e. The van der Waals surface area contributed by atoms with Crippen LogP contribution in [0.2, 0.25) is 5.02 Å². The second-order valence-corrected chi connectivity index (χ2v) is 6.53. The lowest BCUT2D eigenvalue weighted by molar-refractivity contribution is -0.117. The monoisotopic (exact) mass is 316 g/mol. The summed E-state index contributed by atoms with van der Waals surface area (Å²) in [5, 5.41) is 3.13. The van der Waals surface area contributed by atoms with E-state index < -0.39 is 19.6 Å². The van der Waals surface area contributed by atoms with Gasteiger partial charge in [0.05, 0.1) is 6.61 Å². The Morgan fingerprint density at radius 3 is 2.95 bits per heavy atom. The number of hydrogen-bond donors (Lipinski definition) is 1. The fourth-order valence-corrected chi connectivity index (χ4v) is 4.10. The van der Waals surface area contributed by atoms with Gasteiger partial charge in [-0.1, -0.05) is 11.6 Å². The van der Waals surface area contributed by atoms with Crippen molar-refractivity contribution in [3.8, 4) is 0 Å². The number of carbonyl (C=O) groups is 1. The molecule has 7 heteroatoms. The van der Waals surface area contributed by atoms with E-state index in [1.165, 1.54) is 11.3 Å². The average molecular weight is 317 g/mol. The van der Waals surface area contributed by atoms with Gasteiger partial charge >= 0.3 is 8.03 Å². The maximum Gasteiger partial charge on any atom is 0.526 e. The average Bonchev–Trinajstić information content (AvgIpc) is 2.72. The van der Waals surface area contributed by atoms with E-state index in [-0.39, 0.29) is 6.61 Å². The van der Waals surface area contributed by atoms with Crippen molar-refractivity contribution in [3.63, 3.8) is 0 Å². The summed E-state index contributed by atoms with van der Waals surface area (Å²) in [6, 6.07) is 5.37. The summed E-state index contributed by atoms with van der Waals surface area (Å²) in [5.74, 6) is -0.658. The van der Waals surface area contributed by atoms with Gasteiger partial charge in [0.25, 0.3) is 11.6 Å². The number of fused-ring (bicyclic) bond motifs is 1. The van der Waals surface area contributed by atoms with Crippen LogP contribution in [0.15, 0.2) is 23.6 Å². The number of hydrogen-bond acceptors (Lipinski definition) is 4. The molecule has 4 nitrogen and oxygen atoms in total. The van der Waals surface area contributed by atoms with E-state index in [9.17, 15) is 9.36 Å². The number of thiophene rings is 1. The number of benzene rings is 1. The second kappa shape index (κ2) is 5.97. The molecule has 1 aromatic carbocycles. The van der Waals surface area contributed by atoms with Gasteiger partial charge in [-0.2, -0.15) is 0 Å². The second-order valence-electron chi connectivity index (χ2n) is 3.84. The highest BCUT2D eigenvalue weighted by Gasteiger charge is 2.41. The van der Waals surface area contributed by atoms with Crippen LogP contribution in [0.1, 0.15) is 18.1 Å². The Balaban J connectivity index is 2.53. The number of amides is 1. The fourth-order valence-electron chi connectivity index (χ4n) is 1.81. The van der Waals surface area contributed by atoms with Crippen LogP contribution in [0.5, 0.6) is 0 Å². The van der Waals surface area contributed by atoms with Gasteiger partial charge in [0.2, 0.25) is 0 Å². The third-order valence-electron chi connectivity index (χ3n) is 2.60. The number of halogens is 1. The summed E-state index contributed by atoms with van der Waals surface area (Å²) < 4.78 is 18.0. The molecule has 1 heterocycles. The van der Waals surface area contributed by atoms with Crippen molar-refractivity contribution in [2.45, 2.75) is 12.6 Å². The molecule has 0 spiro atoms. The summed E-state index contributed by atoms with van der Waals surface area (Å²) in [5.41, 5.74) is 5.03. The SMILES string of the molecule is CCO[P+](=O)[C@H](C(N)=O)c1csc2ccc(Cl)cc12. The van der Waals surface area contributed by atoms with E-state index in [1.54, 1.807) is 24.4 Å². The predicted molar refractivity (Wildman–Crippen MR) is 78.0 cm³/mol. The van der Waals surface area contributed by atoms with E-state index in [0.29, 0.717) is 10.6 Å². The van der Waals surface area contributed by atoms with Crippen molar-refractivity contribution >= 4 is 47.0 Å². The summed E-state index contributed by atoms with van der Waals surface area (Å²) >= 11 is 7.41. The summed E-state index contributed by atoms with van der Waals surface area (Å²) in [7, 11) is -2.18. The van der Waals surface area contributed by atoms with Crippen LogP contribution in [0.4, 0.5) is 0 Å². The van der Waals surface area contributed by atoms with Gasteiger partial charge in [-0.05, 0) is 29.7 Å². The van der Waals surface area contributed by atoms with Crippen molar-refractivity contribution in [3.05, 3.63) is 34.2 Å². The minimum absolute atomic E-state index is 0.266. The highest BCUT2D eigenvalue weighted by molar-refractivity contribution is 7.41. The van der Waals surface area contributed by atoms with Crippen LogP contribution in [0, 0.1) is 0 Å². The van der Waals surface area contributed by atoms with Crippen molar-refractivity contribution in [1.29, 1.82) is 0 Å². The number of carbonyl (C=O) groups excluding carboxylic acids is 1. The van der Waals surface area contributed by atoms with E-state index in [0.717, 1.165) is 10.1 Å². The maximum absolute atomic E-state index is 12.0. The van der Waals surface area contributed by atoms with Gasteiger partial charge in [-0.3, -0.25) is 4.79 Å². The molecule has 0 radical (unpaired) electrons. The Kier molecular flexibility index (Phi) is 4.53. The molecule has 0 aliphatic rings. The van der Waals surface area contributed by atoms with Gasteiger partial charge in [-0.25, -0.2) is 0 Å². The summed E-state index contributed by atoms with van der Waals surface area (Å²) in [6.45, 7) is 1.98. The Labute approximate surface area is 120 Å². The lowest BCUT2D eigenvalue weighted by atomic mass is 10.1. The van der Waals surface area contributed by atoms with E-state index in [2.05, 4.69) is 0 Å². The number of primary amides is 1. The first kappa shape index (κ1) is 14.4. The molecule has 0 aliphatic heterocycles. The molecule has 2 atom stereocenters. The Morgan fingerprint density at radius 2 is 2.32 bits per heavy atom. The molecular formula is C12H12ClNO3PS+. The summed E-state index contributed by atoms with van der Waals surface area (Å²) in [6.07, 6.45) is 0. The van der Waals surface area contributed by atoms with Crippen LogP contribution in [-0.2, 0) is 13.9 Å². The lowest BCUT2D eigenvalue weighted by Gasteiger charge is -2.01. The number of nitrogens with two attached hydrogens (primary N) is 1. The van der Waals surface area contributed by atoms with Crippen LogP contribution in [-0.4, -0.2) is 12.5 Å². The molecule has 0 saturated heterocycles. The topological polar surface area (TPSA) is 69.4 Å². The van der Waals surface area contributed by atoms with Gasteiger partial charge in [0.1, 0.15) is 0 Å². The quantitative estimate of drug-likeness (QED) is 0.851. The molecular weight excluding hydrogens is 305 g/mol. The number of rotatable bonds is 5. The molecule has 2 N–H and O–H groups in total. The molecule has 0 fully saturated rings. The first-order valence-electron chi connectivity index (χ1n) is 5.59. The molecule has 100 valence electrons. The van der Waals surface area contributed by atoms with Crippen molar-refractivity contribution < 1.29 is 13.9 Å². The molecule has 1 amide bonds. The third kappa shape index (κ3) is 2.95. The molecule has 19 heavy (non-hydrogen) atoms. The molecule has 2 aromatic rings. The lowest BCUT2D eigenvalue weighted by Crippen LogP contribution is -2.19. The Bertz CT molecular complexity index is 643. The van der Waals surface area contributed by atoms with Gasteiger partial charge in [0.15, 0.2) is 0 Å². The molecule has 1 unspecified atom stereocenters. The van der Waals surface area contributed by atoms with Crippen LogP contribution in [0.3, 0.4) is 0 Å². The third-order valence-corrected chi connectivity index (χ3v) is 5.28. The van der Waals surface area contributed by atoms with Crippen molar-refractivity contribution in [1.82, 2.24) is 0 Å². The van der Waals surface area contributed by atoms with Crippen LogP contribution < -0.4 is 5.73 Å². The Hall–Kier alpha value is -1.00. The van der Waals surface area contributed by atoms with Crippen LogP contribution >= 0.6 is 31.0 Å². The van der Waals surface area contributed by atoms with E-state index in [4.69, 9.17) is 21.9 Å². The minimum atomic E-state index is -2.18. The molecule has 1 aromatic heterocycles. The first-order chi connectivity index (χ1) is 9.04. The smallest absolute Gasteiger partial charge is 0.365 e. The fraction of sp³-hybridized carbons (Fsp3) is 0.250. The predicted octanol–water partition coefficient (Wildman–Crippen LogP) is 3.86. The van der Waals surface area contributed by atoms with E-state index in [1.807, 2.05) is 6.07 Å². The molecule has 0 saturated carbocycles. The molecule has 0 aliphatic carbocycles. The maximum atomic E-state index is 12.0. The van der Waals surface area contributed by atoms with Gasteiger partial charge < -0.3 is 5.73 Å². The zero-order valence-electron chi connectivity index (χ0n) is 10.1. The highest BCUT2D eigenvalue weighted by Crippen LogP contribution is 2.46. The van der Waals surface area contributed by atoms with Crippen LogP contribution in [0.25, 0.3) is 10.1 Å². The van der Waals surface area contributed by atoms with Crippen molar-refractivity contribution in [2.24, 2.45) is 5.73 Å². The Morgan fingerprint density at radius 1 is 1.58 bits per heavy atom. The zero-order chi connectivity index (χ0) is 14.0. The molecule has 2 rings (SSSR count). The highest BCUT2D eigenvalue weighted by atomic mass is 35.5. The zero-order valence-corrected chi connectivity index (χ0v) is 12.6. The van der Waals surface area contributed by atoms with E-state index >= 15 is 0 Å². The minimum Gasteiger partial charge on any atom is -0.365 e. The van der Waals surface area contributed by atoms with Gasteiger partial charge in [-0.15, -0.1) is 15.9 Å². The van der Waals surface area contributed by atoms with Crippen molar-refractivity contribution in [2.75, 3.05) is 6.61 Å². The summed E-state index contributed by atoms with van der Waals surface area (Å²) in [4.78, 5) is 11.6. The first-order valence-corrected chi connectivity index (χ1v) is 8.10.